The number of hydrogen-bond donors (Lipinski definition) is 1. The average Bonchev–Trinajstić information content (AvgIpc) is 2.34. The molecule has 0 saturated heterocycles. The van der Waals surface area contributed by atoms with E-state index in [1.807, 2.05) is 13.8 Å². The van der Waals surface area contributed by atoms with Crippen LogP contribution in [0.5, 0.6) is 0 Å². The highest BCUT2D eigenvalue weighted by atomic mass is 16.5. The lowest BCUT2D eigenvalue weighted by molar-refractivity contribution is -0.00118. The Morgan fingerprint density at radius 3 is 2.17 bits per heavy atom. The standard InChI is InChI=1S/C11H24N4O3/c1-11(2,9-14-15-13)10-18-8-7-17-6-5-16-4-3-12/h3-10,12H2,1-2H3. The molecule has 0 spiro atoms. The summed E-state index contributed by atoms with van der Waals surface area (Å²) in [5, 5.41) is 3.54. The van der Waals surface area contributed by atoms with Gasteiger partial charge in [-0.1, -0.05) is 19.0 Å². The zero-order chi connectivity index (χ0) is 13.7. The van der Waals surface area contributed by atoms with E-state index in [0.717, 1.165) is 0 Å². The summed E-state index contributed by atoms with van der Waals surface area (Å²) in [6.07, 6.45) is 0. The van der Waals surface area contributed by atoms with Gasteiger partial charge < -0.3 is 19.9 Å². The van der Waals surface area contributed by atoms with E-state index in [1.165, 1.54) is 0 Å². The molecule has 0 aromatic rings. The van der Waals surface area contributed by atoms with E-state index in [9.17, 15) is 0 Å². The van der Waals surface area contributed by atoms with Gasteiger partial charge in [0.25, 0.3) is 0 Å². The van der Waals surface area contributed by atoms with Gasteiger partial charge in [-0.05, 0) is 10.9 Å². The molecule has 0 aliphatic heterocycles. The molecular formula is C11H24N4O3. The lowest BCUT2D eigenvalue weighted by Gasteiger charge is -2.21. The van der Waals surface area contributed by atoms with Gasteiger partial charge in [0.15, 0.2) is 0 Å². The normalized spacial score (nSPS) is 11.3. The summed E-state index contributed by atoms with van der Waals surface area (Å²) >= 11 is 0. The molecule has 0 amide bonds. The van der Waals surface area contributed by atoms with Crippen LogP contribution in [0.2, 0.25) is 0 Å². The maximum Gasteiger partial charge on any atom is 0.0701 e. The van der Waals surface area contributed by atoms with Crippen LogP contribution in [-0.4, -0.2) is 52.7 Å². The Balaban J connectivity index is 3.31. The van der Waals surface area contributed by atoms with Gasteiger partial charge in [-0.3, -0.25) is 0 Å². The zero-order valence-electron chi connectivity index (χ0n) is 11.3. The number of rotatable bonds is 12. The highest BCUT2D eigenvalue weighted by molar-refractivity contribution is 4.70. The molecule has 0 atom stereocenters. The Kier molecular flexibility index (Phi) is 10.7. The Bertz CT molecular complexity index is 242. The van der Waals surface area contributed by atoms with Crippen molar-refractivity contribution in [3.05, 3.63) is 10.4 Å². The highest BCUT2D eigenvalue weighted by Gasteiger charge is 2.16. The lowest BCUT2D eigenvalue weighted by Crippen LogP contribution is -2.24. The molecule has 0 aromatic heterocycles. The monoisotopic (exact) mass is 260 g/mol. The van der Waals surface area contributed by atoms with Gasteiger partial charge in [-0.15, -0.1) is 0 Å². The molecule has 0 aliphatic carbocycles. The molecule has 0 saturated carbocycles. The summed E-state index contributed by atoms with van der Waals surface area (Å²) in [5.74, 6) is 0. The van der Waals surface area contributed by atoms with Crippen LogP contribution in [0.3, 0.4) is 0 Å². The molecule has 0 fully saturated rings. The molecule has 0 radical (unpaired) electrons. The van der Waals surface area contributed by atoms with E-state index < -0.39 is 0 Å². The topological polar surface area (TPSA) is 102 Å². The largest absolute Gasteiger partial charge is 0.379 e. The molecule has 106 valence electrons. The van der Waals surface area contributed by atoms with Crippen molar-refractivity contribution in [3.63, 3.8) is 0 Å². The third-order valence-electron chi connectivity index (χ3n) is 2.06. The van der Waals surface area contributed by atoms with Gasteiger partial charge in [0.1, 0.15) is 0 Å². The number of azide groups is 1. The fourth-order valence-electron chi connectivity index (χ4n) is 1.14. The maximum absolute atomic E-state index is 8.24. The first-order chi connectivity index (χ1) is 8.62. The van der Waals surface area contributed by atoms with Crippen molar-refractivity contribution >= 4 is 0 Å². The highest BCUT2D eigenvalue weighted by Crippen LogP contribution is 2.15. The minimum absolute atomic E-state index is 0.142. The Morgan fingerprint density at radius 1 is 1.06 bits per heavy atom. The fraction of sp³-hybridized carbons (Fsp3) is 1.00. The van der Waals surface area contributed by atoms with Crippen molar-refractivity contribution in [1.82, 2.24) is 0 Å². The van der Waals surface area contributed by atoms with E-state index in [-0.39, 0.29) is 5.41 Å². The molecule has 7 nitrogen and oxygen atoms in total. The number of nitrogens with zero attached hydrogens (tertiary/aromatic N) is 3. The molecule has 2 N–H and O–H groups in total. The van der Waals surface area contributed by atoms with Crippen molar-refractivity contribution in [3.8, 4) is 0 Å². The first-order valence-electron chi connectivity index (χ1n) is 6.06. The van der Waals surface area contributed by atoms with Crippen molar-refractivity contribution in [2.75, 3.05) is 52.7 Å². The summed E-state index contributed by atoms with van der Waals surface area (Å²) < 4.78 is 15.9. The van der Waals surface area contributed by atoms with E-state index in [1.54, 1.807) is 0 Å². The van der Waals surface area contributed by atoms with Crippen LogP contribution in [0.15, 0.2) is 5.11 Å². The first kappa shape index (κ1) is 17.2. The second kappa shape index (κ2) is 11.3. The van der Waals surface area contributed by atoms with Crippen LogP contribution < -0.4 is 5.73 Å². The van der Waals surface area contributed by atoms with E-state index in [4.69, 9.17) is 25.5 Å². The van der Waals surface area contributed by atoms with Crippen LogP contribution >= 0.6 is 0 Å². The average molecular weight is 260 g/mol. The minimum atomic E-state index is -0.142. The summed E-state index contributed by atoms with van der Waals surface area (Å²) in [5.41, 5.74) is 13.4. The molecule has 0 unspecified atom stereocenters. The van der Waals surface area contributed by atoms with Crippen molar-refractivity contribution < 1.29 is 14.2 Å². The Labute approximate surface area is 108 Å². The SMILES string of the molecule is CC(C)(CN=[N+]=[N-])COCCOCCOCCN. The summed E-state index contributed by atoms with van der Waals surface area (Å²) in [6, 6.07) is 0. The Hall–Kier alpha value is -0.850. The smallest absolute Gasteiger partial charge is 0.0701 e. The van der Waals surface area contributed by atoms with Gasteiger partial charge in [0, 0.05) is 18.0 Å². The van der Waals surface area contributed by atoms with Crippen molar-refractivity contribution in [2.45, 2.75) is 13.8 Å². The van der Waals surface area contributed by atoms with Crippen LogP contribution in [0, 0.1) is 5.41 Å². The molecule has 18 heavy (non-hydrogen) atoms. The van der Waals surface area contributed by atoms with E-state index >= 15 is 0 Å². The van der Waals surface area contributed by atoms with Crippen LogP contribution in [-0.2, 0) is 14.2 Å². The summed E-state index contributed by atoms with van der Waals surface area (Å²) in [6.45, 7) is 8.20. The molecule has 0 heterocycles. The Morgan fingerprint density at radius 2 is 1.61 bits per heavy atom. The summed E-state index contributed by atoms with van der Waals surface area (Å²) in [4.78, 5) is 2.74. The molecule has 0 aromatic carbocycles. The molecule has 0 rings (SSSR count). The van der Waals surface area contributed by atoms with Gasteiger partial charge in [0.05, 0.1) is 39.6 Å². The molecule has 7 heteroatoms. The van der Waals surface area contributed by atoms with Crippen LogP contribution in [0.1, 0.15) is 13.8 Å². The quantitative estimate of drug-likeness (QED) is 0.247. The van der Waals surface area contributed by atoms with Crippen LogP contribution in [0.4, 0.5) is 0 Å². The maximum atomic E-state index is 8.24. The van der Waals surface area contributed by atoms with Crippen molar-refractivity contribution in [1.29, 1.82) is 0 Å². The van der Waals surface area contributed by atoms with Gasteiger partial charge in [-0.25, -0.2) is 0 Å². The third-order valence-corrected chi connectivity index (χ3v) is 2.06. The molecule has 0 bridgehead atoms. The van der Waals surface area contributed by atoms with E-state index in [0.29, 0.717) is 52.7 Å². The number of ether oxygens (including phenoxy) is 3. The first-order valence-corrected chi connectivity index (χ1v) is 6.06. The zero-order valence-corrected chi connectivity index (χ0v) is 11.3. The van der Waals surface area contributed by atoms with Gasteiger partial charge >= 0.3 is 0 Å². The second-order valence-corrected chi connectivity index (χ2v) is 4.62. The fourth-order valence-corrected chi connectivity index (χ4v) is 1.14. The lowest BCUT2D eigenvalue weighted by atomic mass is 9.95. The number of nitrogens with two attached hydrogens (primary N) is 1. The summed E-state index contributed by atoms with van der Waals surface area (Å²) in [7, 11) is 0. The predicted molar refractivity (Wildman–Crippen MR) is 69.3 cm³/mol. The molecule has 0 aliphatic rings. The van der Waals surface area contributed by atoms with E-state index in [2.05, 4.69) is 10.0 Å². The van der Waals surface area contributed by atoms with Crippen molar-refractivity contribution in [2.24, 2.45) is 16.3 Å². The predicted octanol–water partition coefficient (Wildman–Crippen LogP) is 1.33. The second-order valence-electron chi connectivity index (χ2n) is 4.62. The van der Waals surface area contributed by atoms with Crippen LogP contribution in [0.25, 0.3) is 10.4 Å². The molecular weight excluding hydrogens is 236 g/mol. The van der Waals surface area contributed by atoms with Gasteiger partial charge in [0.2, 0.25) is 0 Å². The third kappa shape index (κ3) is 11.6. The van der Waals surface area contributed by atoms with Gasteiger partial charge in [-0.2, -0.15) is 0 Å². The minimum Gasteiger partial charge on any atom is -0.379 e. The number of hydrogen-bond acceptors (Lipinski definition) is 5.